The summed E-state index contributed by atoms with van der Waals surface area (Å²) in [5.41, 5.74) is -5.83. The molecule has 0 heterocycles. The van der Waals surface area contributed by atoms with E-state index in [0.717, 1.165) is 0 Å². The highest BCUT2D eigenvalue weighted by atomic mass is 35.5. The molecule has 2 aromatic carbocycles. The van der Waals surface area contributed by atoms with Gasteiger partial charge in [0.05, 0.1) is 12.8 Å². The zero-order valence-corrected chi connectivity index (χ0v) is 16.7. The summed E-state index contributed by atoms with van der Waals surface area (Å²) >= 11 is 11.7. The lowest BCUT2D eigenvalue weighted by molar-refractivity contribution is -0.166. The van der Waals surface area contributed by atoms with Crippen LogP contribution in [0.15, 0.2) is 48.5 Å². The van der Waals surface area contributed by atoms with E-state index in [1.165, 1.54) is 48.5 Å². The summed E-state index contributed by atoms with van der Waals surface area (Å²) < 4.78 is 0. The monoisotopic (exact) mass is 454 g/mol. The van der Waals surface area contributed by atoms with Crippen LogP contribution in [0, 0.1) is 0 Å². The van der Waals surface area contributed by atoms with Gasteiger partial charge in [-0.05, 0) is 35.4 Å². The molecule has 2 aromatic rings. The molecule has 2 atom stereocenters. The Morgan fingerprint density at radius 2 is 0.867 bits per heavy atom. The SMILES string of the molecule is O=C(O)CC(C(=O)O)(c1ccc(Cl)cc1)C(CC(=O)O)(C(=O)O)c1ccc(Cl)cc1. The number of rotatable bonds is 9. The first-order valence-corrected chi connectivity index (χ1v) is 9.15. The van der Waals surface area contributed by atoms with E-state index in [2.05, 4.69) is 0 Å². The van der Waals surface area contributed by atoms with Crippen molar-refractivity contribution >= 4 is 47.1 Å². The molecular formula is C20H16Cl2O8. The quantitative estimate of drug-likeness (QED) is 0.450. The molecule has 10 heteroatoms. The molecule has 2 unspecified atom stereocenters. The van der Waals surface area contributed by atoms with Crippen molar-refractivity contribution in [1.82, 2.24) is 0 Å². The maximum absolute atomic E-state index is 12.6. The van der Waals surface area contributed by atoms with Crippen LogP contribution in [0.3, 0.4) is 0 Å². The normalized spacial score (nSPS) is 14.9. The molecule has 158 valence electrons. The summed E-state index contributed by atoms with van der Waals surface area (Å²) in [7, 11) is 0. The van der Waals surface area contributed by atoms with Crippen LogP contribution in [0.1, 0.15) is 24.0 Å². The molecule has 4 N–H and O–H groups in total. The van der Waals surface area contributed by atoms with Gasteiger partial charge in [-0.1, -0.05) is 47.5 Å². The molecule has 0 fully saturated rings. The van der Waals surface area contributed by atoms with Crippen molar-refractivity contribution in [3.8, 4) is 0 Å². The lowest BCUT2D eigenvalue weighted by atomic mass is 9.54. The van der Waals surface area contributed by atoms with Crippen LogP contribution in [0.4, 0.5) is 0 Å². The first-order chi connectivity index (χ1) is 14.0. The number of benzene rings is 2. The van der Waals surface area contributed by atoms with Gasteiger partial charge in [0.25, 0.3) is 0 Å². The van der Waals surface area contributed by atoms with E-state index in [-0.39, 0.29) is 21.2 Å². The number of carboxylic acid groups (broad SMARTS) is 4. The van der Waals surface area contributed by atoms with Crippen LogP contribution < -0.4 is 0 Å². The lowest BCUT2D eigenvalue weighted by Crippen LogP contribution is -2.60. The lowest BCUT2D eigenvalue weighted by Gasteiger charge is -2.44. The van der Waals surface area contributed by atoms with Crippen LogP contribution in [-0.4, -0.2) is 44.3 Å². The Hall–Kier alpha value is -3.10. The van der Waals surface area contributed by atoms with Crippen molar-refractivity contribution in [2.75, 3.05) is 0 Å². The highest BCUT2D eigenvalue weighted by Crippen LogP contribution is 2.50. The zero-order valence-electron chi connectivity index (χ0n) is 15.2. The van der Waals surface area contributed by atoms with Crippen molar-refractivity contribution in [3.63, 3.8) is 0 Å². The van der Waals surface area contributed by atoms with Crippen molar-refractivity contribution < 1.29 is 39.6 Å². The number of halogens is 2. The largest absolute Gasteiger partial charge is 0.481 e. The Labute approximate surface area is 180 Å². The van der Waals surface area contributed by atoms with Crippen molar-refractivity contribution in [2.45, 2.75) is 23.7 Å². The third kappa shape index (κ3) is 3.96. The average Bonchev–Trinajstić information content (AvgIpc) is 2.65. The summed E-state index contributed by atoms with van der Waals surface area (Å²) in [6, 6.07) is 9.78. The fourth-order valence-electron chi connectivity index (χ4n) is 3.68. The summed E-state index contributed by atoms with van der Waals surface area (Å²) in [6.07, 6.45) is -2.40. The van der Waals surface area contributed by atoms with Gasteiger partial charge in [-0.3, -0.25) is 19.2 Å². The molecule has 2 rings (SSSR count). The van der Waals surface area contributed by atoms with Gasteiger partial charge in [0.1, 0.15) is 10.8 Å². The Kier molecular flexibility index (Phi) is 6.74. The minimum Gasteiger partial charge on any atom is -0.481 e. The molecule has 0 saturated heterocycles. The van der Waals surface area contributed by atoms with Crippen molar-refractivity contribution in [1.29, 1.82) is 0 Å². The Morgan fingerprint density at radius 3 is 1.07 bits per heavy atom. The van der Waals surface area contributed by atoms with Crippen LogP contribution >= 0.6 is 23.2 Å². The molecule has 0 bridgehead atoms. The predicted octanol–water partition coefficient (Wildman–Crippen LogP) is 3.29. The second-order valence-electron chi connectivity index (χ2n) is 6.58. The fourth-order valence-corrected chi connectivity index (χ4v) is 3.94. The van der Waals surface area contributed by atoms with E-state index in [1.807, 2.05) is 0 Å². The number of carboxylic acids is 4. The molecule has 8 nitrogen and oxygen atoms in total. The molecule has 0 saturated carbocycles. The van der Waals surface area contributed by atoms with E-state index < -0.39 is 47.5 Å². The van der Waals surface area contributed by atoms with E-state index >= 15 is 0 Å². The smallest absolute Gasteiger partial charge is 0.316 e. The third-order valence-corrected chi connectivity index (χ3v) is 5.47. The van der Waals surface area contributed by atoms with Gasteiger partial charge in [0.2, 0.25) is 0 Å². The van der Waals surface area contributed by atoms with Crippen molar-refractivity contribution in [2.24, 2.45) is 0 Å². The molecule has 0 radical (unpaired) electrons. The highest BCUT2D eigenvalue weighted by molar-refractivity contribution is 6.30. The van der Waals surface area contributed by atoms with Gasteiger partial charge in [-0.2, -0.15) is 0 Å². The average molecular weight is 455 g/mol. The van der Waals surface area contributed by atoms with Crippen LogP contribution in [0.2, 0.25) is 10.0 Å². The number of carbonyl (C=O) groups is 4. The molecule has 0 amide bonds. The number of hydrogen-bond acceptors (Lipinski definition) is 4. The van der Waals surface area contributed by atoms with Crippen LogP contribution in [0.5, 0.6) is 0 Å². The first kappa shape index (κ1) is 23.2. The first-order valence-electron chi connectivity index (χ1n) is 8.40. The Bertz CT molecular complexity index is 905. The zero-order chi connectivity index (χ0) is 22.7. The van der Waals surface area contributed by atoms with Gasteiger partial charge >= 0.3 is 23.9 Å². The molecule has 0 spiro atoms. The van der Waals surface area contributed by atoms with E-state index in [4.69, 9.17) is 23.2 Å². The maximum Gasteiger partial charge on any atom is 0.316 e. The standard InChI is InChI=1S/C20H16Cl2O8/c21-13-5-1-11(2-6-13)19(17(27)28,9-15(23)24)20(18(29)30,10-16(25)26)12-3-7-14(22)8-4-12/h1-8H,9-10H2,(H,23,24)(H,25,26)(H,27,28)(H,29,30). The van der Waals surface area contributed by atoms with E-state index in [0.29, 0.717) is 0 Å². The van der Waals surface area contributed by atoms with Crippen LogP contribution in [-0.2, 0) is 30.0 Å². The Morgan fingerprint density at radius 1 is 0.600 bits per heavy atom. The summed E-state index contributed by atoms with van der Waals surface area (Å²) in [6.45, 7) is 0. The molecule has 0 aliphatic heterocycles. The minimum absolute atomic E-state index is 0.194. The minimum atomic E-state index is -2.69. The highest BCUT2D eigenvalue weighted by Gasteiger charge is 2.65. The van der Waals surface area contributed by atoms with E-state index in [1.54, 1.807) is 0 Å². The Balaban J connectivity index is 3.07. The molecule has 0 aliphatic carbocycles. The second kappa shape index (κ2) is 8.73. The van der Waals surface area contributed by atoms with Gasteiger partial charge in [0, 0.05) is 10.0 Å². The molecule has 0 aromatic heterocycles. The summed E-state index contributed by atoms with van der Waals surface area (Å²) in [4.78, 5) is 48.8. The molecule has 0 aliphatic rings. The van der Waals surface area contributed by atoms with Crippen LogP contribution in [0.25, 0.3) is 0 Å². The topological polar surface area (TPSA) is 149 Å². The fraction of sp³-hybridized carbons (Fsp3) is 0.200. The van der Waals surface area contributed by atoms with Crippen molar-refractivity contribution in [3.05, 3.63) is 69.7 Å². The van der Waals surface area contributed by atoms with E-state index in [9.17, 15) is 39.6 Å². The number of aliphatic carboxylic acids is 4. The summed E-state index contributed by atoms with van der Waals surface area (Å²) in [5.74, 6) is -6.88. The second-order valence-corrected chi connectivity index (χ2v) is 7.45. The third-order valence-electron chi connectivity index (χ3n) is 4.97. The van der Waals surface area contributed by atoms with Gasteiger partial charge in [-0.15, -0.1) is 0 Å². The van der Waals surface area contributed by atoms with Gasteiger partial charge in [0.15, 0.2) is 0 Å². The maximum atomic E-state index is 12.6. The van der Waals surface area contributed by atoms with Gasteiger partial charge < -0.3 is 20.4 Å². The summed E-state index contributed by atoms with van der Waals surface area (Å²) in [5, 5.41) is 39.9. The predicted molar refractivity (Wildman–Crippen MR) is 106 cm³/mol. The molecular weight excluding hydrogens is 439 g/mol. The number of hydrogen-bond donors (Lipinski definition) is 4. The molecule has 30 heavy (non-hydrogen) atoms. The van der Waals surface area contributed by atoms with Gasteiger partial charge in [-0.25, -0.2) is 0 Å².